The molecule has 0 bridgehead atoms. The Morgan fingerprint density at radius 3 is 2.55 bits per heavy atom. The van der Waals surface area contributed by atoms with Crippen LogP contribution in [-0.4, -0.2) is 53.7 Å². The fourth-order valence-corrected chi connectivity index (χ4v) is 4.63. The number of piperazine rings is 1. The number of thioether (sulfide) groups is 1. The van der Waals surface area contributed by atoms with Gasteiger partial charge in [0.15, 0.2) is 5.17 Å². The fraction of sp³-hybridized carbons (Fsp3) is 0.360. The van der Waals surface area contributed by atoms with Gasteiger partial charge in [0.25, 0.3) is 5.91 Å². The van der Waals surface area contributed by atoms with E-state index in [2.05, 4.69) is 52.0 Å². The Morgan fingerprint density at radius 1 is 1.03 bits per heavy atom. The van der Waals surface area contributed by atoms with Gasteiger partial charge in [-0.1, -0.05) is 61.9 Å². The molecule has 1 amide bonds. The molecule has 31 heavy (non-hydrogen) atoms. The van der Waals surface area contributed by atoms with Crippen LogP contribution in [0.4, 0.5) is 0 Å². The number of hydrogen-bond acceptors (Lipinski definition) is 5. The zero-order chi connectivity index (χ0) is 21.5. The molecule has 0 radical (unpaired) electrons. The van der Waals surface area contributed by atoms with E-state index in [0.717, 1.165) is 62.0 Å². The van der Waals surface area contributed by atoms with Crippen molar-refractivity contribution in [2.45, 2.75) is 26.3 Å². The summed E-state index contributed by atoms with van der Waals surface area (Å²) in [5.41, 5.74) is 2.27. The SMILES string of the molecule is CCCCOc1ccccc1/C=C1/SC(N2CCN(Cc3ccccc3)CC2)=NC1=O. The van der Waals surface area contributed by atoms with Crippen molar-refractivity contribution in [2.24, 2.45) is 4.99 Å². The molecule has 2 aliphatic heterocycles. The van der Waals surface area contributed by atoms with E-state index in [9.17, 15) is 4.79 Å². The van der Waals surface area contributed by atoms with E-state index in [4.69, 9.17) is 4.74 Å². The van der Waals surface area contributed by atoms with Crippen LogP contribution < -0.4 is 4.74 Å². The highest BCUT2D eigenvalue weighted by Crippen LogP contribution is 2.32. The summed E-state index contributed by atoms with van der Waals surface area (Å²) in [5.74, 6) is 0.662. The molecule has 2 aromatic carbocycles. The molecule has 0 aliphatic carbocycles. The van der Waals surface area contributed by atoms with Gasteiger partial charge in [-0.3, -0.25) is 9.69 Å². The molecule has 1 saturated heterocycles. The van der Waals surface area contributed by atoms with E-state index in [1.807, 2.05) is 30.3 Å². The lowest BCUT2D eigenvalue weighted by atomic mass is 10.2. The zero-order valence-corrected chi connectivity index (χ0v) is 18.8. The van der Waals surface area contributed by atoms with E-state index in [-0.39, 0.29) is 5.91 Å². The number of nitrogens with zero attached hydrogens (tertiary/aromatic N) is 3. The summed E-state index contributed by atoms with van der Waals surface area (Å²) < 4.78 is 5.91. The molecule has 1 fully saturated rings. The van der Waals surface area contributed by atoms with Crippen molar-refractivity contribution in [2.75, 3.05) is 32.8 Å². The zero-order valence-electron chi connectivity index (χ0n) is 18.0. The van der Waals surface area contributed by atoms with Gasteiger partial charge in [0.05, 0.1) is 11.5 Å². The number of ether oxygens (including phenoxy) is 1. The van der Waals surface area contributed by atoms with Crippen LogP contribution in [0.3, 0.4) is 0 Å². The molecule has 5 nitrogen and oxygen atoms in total. The molecule has 0 saturated carbocycles. The fourth-order valence-electron chi connectivity index (χ4n) is 3.67. The van der Waals surface area contributed by atoms with Gasteiger partial charge in [0.2, 0.25) is 0 Å². The number of aliphatic imine (C=N–C) groups is 1. The van der Waals surface area contributed by atoms with Gasteiger partial charge in [-0.25, -0.2) is 0 Å². The minimum Gasteiger partial charge on any atom is -0.493 e. The van der Waals surface area contributed by atoms with Crippen molar-refractivity contribution in [3.05, 3.63) is 70.6 Å². The summed E-state index contributed by atoms with van der Waals surface area (Å²) in [7, 11) is 0. The average Bonchev–Trinajstić information content (AvgIpc) is 3.16. The molecule has 6 heteroatoms. The molecular weight excluding hydrogens is 406 g/mol. The van der Waals surface area contributed by atoms with Crippen LogP contribution in [-0.2, 0) is 11.3 Å². The normalized spacial score (nSPS) is 18.5. The maximum Gasteiger partial charge on any atom is 0.286 e. The lowest BCUT2D eigenvalue weighted by molar-refractivity contribution is -0.113. The van der Waals surface area contributed by atoms with Gasteiger partial charge in [-0.15, -0.1) is 0 Å². The first-order valence-corrected chi connectivity index (χ1v) is 11.8. The number of benzene rings is 2. The molecule has 4 rings (SSSR count). The maximum atomic E-state index is 12.6. The van der Waals surface area contributed by atoms with Gasteiger partial charge in [-0.05, 0) is 35.9 Å². The predicted molar refractivity (Wildman–Crippen MR) is 128 cm³/mol. The number of carbonyl (C=O) groups is 1. The van der Waals surface area contributed by atoms with Crippen LogP contribution >= 0.6 is 11.8 Å². The van der Waals surface area contributed by atoms with Crippen LogP contribution in [0, 0.1) is 0 Å². The minimum absolute atomic E-state index is 0.157. The summed E-state index contributed by atoms with van der Waals surface area (Å²) in [6, 6.07) is 18.4. The summed E-state index contributed by atoms with van der Waals surface area (Å²) >= 11 is 1.48. The van der Waals surface area contributed by atoms with Crippen molar-refractivity contribution in [3.8, 4) is 5.75 Å². The molecular formula is C25H29N3O2S. The lowest BCUT2D eigenvalue weighted by Gasteiger charge is -2.35. The number of carbonyl (C=O) groups excluding carboxylic acids is 1. The quantitative estimate of drug-likeness (QED) is 0.468. The second-order valence-electron chi connectivity index (χ2n) is 7.80. The van der Waals surface area contributed by atoms with Crippen LogP contribution in [0.2, 0.25) is 0 Å². The summed E-state index contributed by atoms with van der Waals surface area (Å²) in [6.45, 7) is 7.50. The Hall–Kier alpha value is -2.57. The molecule has 2 heterocycles. The van der Waals surface area contributed by atoms with E-state index >= 15 is 0 Å². The first kappa shape index (κ1) is 21.7. The standard InChI is InChI=1S/C25H29N3O2S/c1-2-3-17-30-22-12-8-7-11-21(22)18-23-24(29)26-25(31-23)28-15-13-27(14-16-28)19-20-9-5-4-6-10-20/h4-12,18H,2-3,13-17,19H2,1H3/b23-18+. The Balaban J connectivity index is 1.35. The number of amidine groups is 1. The summed E-state index contributed by atoms with van der Waals surface area (Å²) in [6.07, 6.45) is 4.02. The van der Waals surface area contributed by atoms with E-state index in [1.54, 1.807) is 0 Å². The highest BCUT2D eigenvalue weighted by Gasteiger charge is 2.28. The summed E-state index contributed by atoms with van der Waals surface area (Å²) in [5, 5.41) is 0.819. The number of para-hydroxylation sites is 1. The molecule has 162 valence electrons. The van der Waals surface area contributed by atoms with Gasteiger partial charge in [-0.2, -0.15) is 4.99 Å². The monoisotopic (exact) mass is 435 g/mol. The molecule has 0 aromatic heterocycles. The first-order chi connectivity index (χ1) is 15.2. The molecule has 0 atom stereocenters. The van der Waals surface area contributed by atoms with Gasteiger partial charge in [0.1, 0.15) is 5.75 Å². The maximum absolute atomic E-state index is 12.6. The number of amides is 1. The van der Waals surface area contributed by atoms with Gasteiger partial charge < -0.3 is 9.64 Å². The Morgan fingerprint density at radius 2 is 1.77 bits per heavy atom. The molecule has 0 N–H and O–H groups in total. The minimum atomic E-state index is -0.157. The van der Waals surface area contributed by atoms with Crippen LogP contribution in [0.5, 0.6) is 5.75 Å². The molecule has 2 aromatic rings. The third-order valence-electron chi connectivity index (χ3n) is 5.46. The first-order valence-electron chi connectivity index (χ1n) is 11.0. The predicted octanol–water partition coefficient (Wildman–Crippen LogP) is 4.65. The Labute approximate surface area is 188 Å². The number of hydrogen-bond donors (Lipinski definition) is 0. The Bertz CT molecular complexity index is 950. The van der Waals surface area contributed by atoms with Crippen LogP contribution in [0.15, 0.2) is 64.5 Å². The average molecular weight is 436 g/mol. The second kappa shape index (κ2) is 10.6. The Kier molecular flexibility index (Phi) is 7.43. The number of rotatable bonds is 7. The van der Waals surface area contributed by atoms with Crippen molar-refractivity contribution >= 4 is 28.9 Å². The third kappa shape index (κ3) is 5.77. The van der Waals surface area contributed by atoms with Crippen molar-refractivity contribution < 1.29 is 9.53 Å². The highest BCUT2D eigenvalue weighted by atomic mass is 32.2. The molecule has 2 aliphatic rings. The van der Waals surface area contributed by atoms with E-state index in [0.29, 0.717) is 11.5 Å². The van der Waals surface area contributed by atoms with Crippen LogP contribution in [0.25, 0.3) is 6.08 Å². The van der Waals surface area contributed by atoms with Gasteiger partial charge >= 0.3 is 0 Å². The lowest BCUT2D eigenvalue weighted by Crippen LogP contribution is -2.47. The van der Waals surface area contributed by atoms with Crippen molar-refractivity contribution in [1.82, 2.24) is 9.80 Å². The summed E-state index contributed by atoms with van der Waals surface area (Å²) in [4.78, 5) is 22.2. The number of unbranched alkanes of at least 4 members (excludes halogenated alkanes) is 1. The third-order valence-corrected chi connectivity index (χ3v) is 6.51. The van der Waals surface area contributed by atoms with Gasteiger partial charge in [0, 0.05) is 38.3 Å². The smallest absolute Gasteiger partial charge is 0.286 e. The van der Waals surface area contributed by atoms with Crippen molar-refractivity contribution in [3.63, 3.8) is 0 Å². The van der Waals surface area contributed by atoms with Crippen molar-refractivity contribution in [1.29, 1.82) is 0 Å². The van der Waals surface area contributed by atoms with Crippen LogP contribution in [0.1, 0.15) is 30.9 Å². The largest absolute Gasteiger partial charge is 0.493 e. The van der Waals surface area contributed by atoms with E-state index in [1.165, 1.54) is 17.3 Å². The second-order valence-corrected chi connectivity index (χ2v) is 8.81. The van der Waals surface area contributed by atoms with E-state index < -0.39 is 0 Å². The highest BCUT2D eigenvalue weighted by molar-refractivity contribution is 8.18. The topological polar surface area (TPSA) is 45.1 Å². The molecule has 0 unspecified atom stereocenters. The molecule has 0 spiro atoms.